The minimum absolute atomic E-state index is 0.138. The van der Waals surface area contributed by atoms with Crippen molar-refractivity contribution in [3.63, 3.8) is 0 Å². The van der Waals surface area contributed by atoms with Gasteiger partial charge in [-0.1, -0.05) is 0 Å². The summed E-state index contributed by atoms with van der Waals surface area (Å²) in [7, 11) is 1.97. The van der Waals surface area contributed by atoms with Gasteiger partial charge in [-0.3, -0.25) is 4.68 Å². The number of ether oxygens (including phenoxy) is 1. The van der Waals surface area contributed by atoms with Crippen LogP contribution in [0.2, 0.25) is 0 Å². The zero-order valence-corrected chi connectivity index (χ0v) is 12.7. The van der Waals surface area contributed by atoms with E-state index in [1.807, 2.05) is 18.7 Å². The van der Waals surface area contributed by atoms with Crippen LogP contribution in [0, 0.1) is 6.92 Å². The quantitative estimate of drug-likeness (QED) is 0.927. The van der Waals surface area contributed by atoms with Crippen LogP contribution in [0.1, 0.15) is 37.1 Å². The lowest BCUT2D eigenvalue weighted by molar-refractivity contribution is 0.00738. The largest absolute Gasteiger partial charge is 0.378 e. The standard InChI is InChI=1S/C13H22BrN3O/c1-9-13(14)12(17(2)16-9)8-10(15)7-11-5-3-4-6-18-11/h10-11H,3-8,15H2,1-2H3. The van der Waals surface area contributed by atoms with Crippen molar-refractivity contribution in [2.45, 2.75) is 51.2 Å². The average Bonchev–Trinajstić information content (AvgIpc) is 2.57. The summed E-state index contributed by atoms with van der Waals surface area (Å²) in [5.41, 5.74) is 8.44. The molecule has 1 aliphatic rings. The molecule has 0 aliphatic carbocycles. The number of hydrogen-bond donors (Lipinski definition) is 1. The topological polar surface area (TPSA) is 53.1 Å². The smallest absolute Gasteiger partial charge is 0.0738 e. The van der Waals surface area contributed by atoms with Crippen LogP contribution in [-0.4, -0.2) is 28.5 Å². The number of aromatic nitrogens is 2. The molecule has 2 atom stereocenters. The van der Waals surface area contributed by atoms with Gasteiger partial charge in [-0.05, 0) is 48.5 Å². The maximum atomic E-state index is 6.24. The molecule has 1 saturated heterocycles. The highest BCUT2D eigenvalue weighted by molar-refractivity contribution is 9.10. The third kappa shape index (κ3) is 3.33. The first kappa shape index (κ1) is 14.0. The van der Waals surface area contributed by atoms with E-state index in [9.17, 15) is 0 Å². The summed E-state index contributed by atoms with van der Waals surface area (Å²) in [5.74, 6) is 0. The van der Waals surface area contributed by atoms with Crippen molar-refractivity contribution < 1.29 is 4.74 Å². The van der Waals surface area contributed by atoms with Crippen molar-refractivity contribution in [1.29, 1.82) is 0 Å². The van der Waals surface area contributed by atoms with Gasteiger partial charge in [-0.2, -0.15) is 5.10 Å². The molecule has 0 radical (unpaired) electrons. The molecule has 1 fully saturated rings. The summed E-state index contributed by atoms with van der Waals surface area (Å²) >= 11 is 3.58. The molecule has 0 bridgehead atoms. The zero-order valence-electron chi connectivity index (χ0n) is 11.2. The third-order valence-corrected chi connectivity index (χ3v) is 4.59. The van der Waals surface area contributed by atoms with Gasteiger partial charge in [0.15, 0.2) is 0 Å². The number of nitrogens with zero attached hydrogens (tertiary/aromatic N) is 2. The summed E-state index contributed by atoms with van der Waals surface area (Å²) in [4.78, 5) is 0. The Kier molecular flexibility index (Phi) is 4.81. The fourth-order valence-electron chi connectivity index (χ4n) is 2.56. The van der Waals surface area contributed by atoms with Crippen molar-refractivity contribution in [3.05, 3.63) is 15.9 Å². The molecule has 2 unspecified atom stereocenters. The fraction of sp³-hybridized carbons (Fsp3) is 0.769. The second kappa shape index (κ2) is 6.17. The van der Waals surface area contributed by atoms with Crippen LogP contribution in [-0.2, 0) is 18.2 Å². The van der Waals surface area contributed by atoms with Crippen LogP contribution < -0.4 is 5.73 Å². The molecule has 2 heterocycles. The van der Waals surface area contributed by atoms with E-state index in [2.05, 4.69) is 21.0 Å². The molecule has 4 nitrogen and oxygen atoms in total. The Morgan fingerprint density at radius 1 is 1.56 bits per heavy atom. The Hall–Kier alpha value is -0.390. The lowest BCUT2D eigenvalue weighted by Gasteiger charge is -2.25. The van der Waals surface area contributed by atoms with E-state index < -0.39 is 0 Å². The van der Waals surface area contributed by atoms with Gasteiger partial charge >= 0.3 is 0 Å². The normalized spacial score (nSPS) is 22.1. The number of nitrogens with two attached hydrogens (primary N) is 1. The van der Waals surface area contributed by atoms with E-state index in [4.69, 9.17) is 10.5 Å². The molecule has 18 heavy (non-hydrogen) atoms. The Morgan fingerprint density at radius 2 is 2.33 bits per heavy atom. The molecule has 2 N–H and O–H groups in total. The lowest BCUT2D eigenvalue weighted by atomic mass is 9.99. The molecule has 1 aliphatic heterocycles. The van der Waals surface area contributed by atoms with Gasteiger partial charge in [-0.15, -0.1) is 0 Å². The molecule has 5 heteroatoms. The third-order valence-electron chi connectivity index (χ3n) is 3.56. The van der Waals surface area contributed by atoms with Crippen LogP contribution in [0.25, 0.3) is 0 Å². The first-order valence-corrected chi connectivity index (χ1v) is 7.42. The van der Waals surface area contributed by atoms with Gasteiger partial charge in [0.1, 0.15) is 0 Å². The SMILES string of the molecule is Cc1nn(C)c(CC(N)CC2CCCCO2)c1Br. The average molecular weight is 316 g/mol. The minimum Gasteiger partial charge on any atom is -0.378 e. The Bertz CT molecular complexity index is 399. The highest BCUT2D eigenvalue weighted by Gasteiger charge is 2.20. The van der Waals surface area contributed by atoms with E-state index in [0.717, 1.165) is 36.0 Å². The van der Waals surface area contributed by atoms with Crippen LogP contribution in [0.3, 0.4) is 0 Å². The van der Waals surface area contributed by atoms with Gasteiger partial charge in [0.05, 0.1) is 22.0 Å². The van der Waals surface area contributed by atoms with Crippen molar-refractivity contribution in [2.75, 3.05) is 6.61 Å². The second-order valence-electron chi connectivity index (χ2n) is 5.16. The Labute approximate surface area is 117 Å². The first-order valence-electron chi connectivity index (χ1n) is 6.63. The van der Waals surface area contributed by atoms with Gasteiger partial charge in [0, 0.05) is 26.1 Å². The van der Waals surface area contributed by atoms with Gasteiger partial charge in [0.25, 0.3) is 0 Å². The predicted octanol–water partition coefficient (Wildman–Crippen LogP) is 2.32. The molecule has 0 spiro atoms. The maximum absolute atomic E-state index is 6.24. The monoisotopic (exact) mass is 315 g/mol. The molecule has 1 aromatic rings. The molecule has 2 rings (SSSR count). The Morgan fingerprint density at radius 3 is 2.89 bits per heavy atom. The summed E-state index contributed by atoms with van der Waals surface area (Å²) in [6.45, 7) is 2.90. The molecule has 0 saturated carbocycles. The summed E-state index contributed by atoms with van der Waals surface area (Å²) in [6.07, 6.45) is 5.75. The summed E-state index contributed by atoms with van der Waals surface area (Å²) < 4.78 is 8.74. The van der Waals surface area contributed by atoms with Gasteiger partial charge < -0.3 is 10.5 Å². The van der Waals surface area contributed by atoms with Crippen LogP contribution in [0.4, 0.5) is 0 Å². The second-order valence-corrected chi connectivity index (χ2v) is 5.95. The summed E-state index contributed by atoms with van der Waals surface area (Å²) in [5, 5.41) is 4.39. The molecule has 0 amide bonds. The van der Waals surface area contributed by atoms with Crippen molar-refractivity contribution >= 4 is 15.9 Å². The van der Waals surface area contributed by atoms with E-state index >= 15 is 0 Å². The van der Waals surface area contributed by atoms with Gasteiger partial charge in [0.2, 0.25) is 0 Å². The van der Waals surface area contributed by atoms with Crippen molar-refractivity contribution in [2.24, 2.45) is 12.8 Å². The molecular formula is C13H22BrN3O. The maximum Gasteiger partial charge on any atom is 0.0738 e. The van der Waals surface area contributed by atoms with Crippen LogP contribution in [0.5, 0.6) is 0 Å². The molecule has 102 valence electrons. The lowest BCUT2D eigenvalue weighted by Crippen LogP contribution is -2.32. The van der Waals surface area contributed by atoms with Crippen molar-refractivity contribution in [1.82, 2.24) is 9.78 Å². The van der Waals surface area contributed by atoms with Gasteiger partial charge in [-0.25, -0.2) is 0 Å². The molecule has 0 aromatic carbocycles. The van der Waals surface area contributed by atoms with E-state index in [0.29, 0.717) is 6.10 Å². The zero-order chi connectivity index (χ0) is 13.1. The number of aryl methyl sites for hydroxylation is 2. The first-order chi connectivity index (χ1) is 8.58. The summed E-state index contributed by atoms with van der Waals surface area (Å²) in [6, 6.07) is 0.138. The predicted molar refractivity (Wildman–Crippen MR) is 75.5 cm³/mol. The number of rotatable bonds is 4. The van der Waals surface area contributed by atoms with Crippen LogP contribution >= 0.6 is 15.9 Å². The van der Waals surface area contributed by atoms with Crippen molar-refractivity contribution in [3.8, 4) is 0 Å². The van der Waals surface area contributed by atoms with E-state index in [1.54, 1.807) is 0 Å². The minimum atomic E-state index is 0.138. The highest BCUT2D eigenvalue weighted by atomic mass is 79.9. The number of hydrogen-bond acceptors (Lipinski definition) is 3. The van der Waals surface area contributed by atoms with E-state index in [1.165, 1.54) is 18.5 Å². The Balaban J connectivity index is 1.91. The number of halogens is 1. The molecular weight excluding hydrogens is 294 g/mol. The highest BCUT2D eigenvalue weighted by Crippen LogP contribution is 2.23. The van der Waals surface area contributed by atoms with E-state index in [-0.39, 0.29) is 6.04 Å². The van der Waals surface area contributed by atoms with Crippen LogP contribution in [0.15, 0.2) is 4.47 Å². The fourth-order valence-corrected chi connectivity index (χ4v) is 3.06. The molecule has 1 aromatic heterocycles.